The highest BCUT2D eigenvalue weighted by atomic mass is 32.2. The van der Waals surface area contributed by atoms with Crippen molar-refractivity contribution in [3.05, 3.63) is 33.7 Å². The number of hydrogen-bond acceptors (Lipinski definition) is 7. The minimum absolute atomic E-state index is 0.216. The van der Waals surface area contributed by atoms with Crippen molar-refractivity contribution in [1.82, 2.24) is 10.2 Å². The zero-order valence-corrected chi connectivity index (χ0v) is 16.5. The lowest BCUT2D eigenvalue weighted by Crippen LogP contribution is -2.70. The van der Waals surface area contributed by atoms with Crippen molar-refractivity contribution in [2.24, 2.45) is 5.73 Å². The standard InChI is InChI=1S/C17H19N3O6S2/c1-8(26-17(18)25)10-7-28-15-12(14(22)20(15)13(10)16(23)24)19-11(21)5-4-9-3-2-6-27-9/h2-3,6,8,12,15H,4-5,7H2,1H3,(H2,18,25)(H,19,21)(H,23,24)/t8?,12-,15-/m1/s1. The molecule has 3 heterocycles. The molecular weight excluding hydrogens is 406 g/mol. The molecule has 0 bridgehead atoms. The third-order valence-corrected chi connectivity index (χ3v) is 6.72. The summed E-state index contributed by atoms with van der Waals surface area (Å²) in [5.41, 5.74) is 5.08. The highest BCUT2D eigenvalue weighted by molar-refractivity contribution is 8.00. The van der Waals surface area contributed by atoms with Gasteiger partial charge >= 0.3 is 12.1 Å². The topological polar surface area (TPSA) is 139 Å². The van der Waals surface area contributed by atoms with Gasteiger partial charge in [0.25, 0.3) is 5.91 Å². The predicted molar refractivity (Wildman–Crippen MR) is 102 cm³/mol. The third-order valence-electron chi connectivity index (χ3n) is 4.48. The van der Waals surface area contributed by atoms with E-state index in [1.54, 1.807) is 11.3 Å². The number of thioether (sulfide) groups is 1. The Morgan fingerprint density at radius 1 is 1.46 bits per heavy atom. The first-order valence-electron chi connectivity index (χ1n) is 8.48. The fourth-order valence-electron chi connectivity index (χ4n) is 3.14. The maximum Gasteiger partial charge on any atom is 0.405 e. The highest BCUT2D eigenvalue weighted by Crippen LogP contribution is 2.41. The summed E-state index contributed by atoms with van der Waals surface area (Å²) in [5.74, 6) is -1.81. The number of aryl methyl sites for hydroxylation is 1. The van der Waals surface area contributed by atoms with Crippen LogP contribution in [0.5, 0.6) is 0 Å². The number of primary amides is 1. The second-order valence-corrected chi connectivity index (χ2v) is 8.43. The number of carboxylic acid groups (broad SMARTS) is 1. The largest absolute Gasteiger partial charge is 0.477 e. The van der Waals surface area contributed by atoms with Crippen LogP contribution >= 0.6 is 23.1 Å². The third kappa shape index (κ3) is 3.99. The fraction of sp³-hybridized carbons (Fsp3) is 0.412. The molecule has 1 aromatic heterocycles. The van der Waals surface area contributed by atoms with Crippen molar-refractivity contribution in [2.45, 2.75) is 37.3 Å². The first-order valence-corrected chi connectivity index (χ1v) is 10.4. The summed E-state index contributed by atoms with van der Waals surface area (Å²) in [6.07, 6.45) is -1.07. The summed E-state index contributed by atoms with van der Waals surface area (Å²) in [6.45, 7) is 1.50. The van der Waals surface area contributed by atoms with E-state index in [1.165, 1.54) is 18.7 Å². The van der Waals surface area contributed by atoms with Crippen molar-refractivity contribution in [1.29, 1.82) is 0 Å². The molecule has 150 valence electrons. The van der Waals surface area contributed by atoms with Gasteiger partial charge in [-0.2, -0.15) is 0 Å². The molecule has 3 amide bonds. The van der Waals surface area contributed by atoms with E-state index in [-0.39, 0.29) is 23.8 Å². The van der Waals surface area contributed by atoms with Crippen molar-refractivity contribution in [3.63, 3.8) is 0 Å². The van der Waals surface area contributed by atoms with Gasteiger partial charge in [-0.25, -0.2) is 9.59 Å². The monoisotopic (exact) mass is 425 g/mol. The summed E-state index contributed by atoms with van der Waals surface area (Å²) in [5, 5.41) is 13.7. The number of carbonyl (C=O) groups excluding carboxylic acids is 3. The van der Waals surface area contributed by atoms with Gasteiger partial charge in [0, 0.05) is 22.6 Å². The van der Waals surface area contributed by atoms with Gasteiger partial charge in [-0.15, -0.1) is 23.1 Å². The summed E-state index contributed by atoms with van der Waals surface area (Å²) < 4.78 is 4.87. The van der Waals surface area contributed by atoms with Gasteiger partial charge in [-0.3, -0.25) is 14.5 Å². The number of nitrogens with zero attached hydrogens (tertiary/aromatic N) is 1. The van der Waals surface area contributed by atoms with E-state index < -0.39 is 35.5 Å². The Hall–Kier alpha value is -2.53. The van der Waals surface area contributed by atoms with Crippen LogP contribution in [0.25, 0.3) is 0 Å². The van der Waals surface area contributed by atoms with Gasteiger partial charge in [0.15, 0.2) is 0 Å². The highest BCUT2D eigenvalue weighted by Gasteiger charge is 2.54. The Labute approximate surface area is 168 Å². The lowest BCUT2D eigenvalue weighted by molar-refractivity contribution is -0.150. The fourth-order valence-corrected chi connectivity index (χ4v) is 5.30. The van der Waals surface area contributed by atoms with E-state index in [4.69, 9.17) is 10.5 Å². The molecule has 1 fully saturated rings. The number of ether oxygens (including phenoxy) is 1. The summed E-state index contributed by atoms with van der Waals surface area (Å²) in [7, 11) is 0. The maximum absolute atomic E-state index is 12.5. The summed E-state index contributed by atoms with van der Waals surface area (Å²) in [6, 6.07) is 3.07. The smallest absolute Gasteiger partial charge is 0.405 e. The average Bonchev–Trinajstić information content (AvgIpc) is 3.15. The Morgan fingerprint density at radius 3 is 2.82 bits per heavy atom. The van der Waals surface area contributed by atoms with Gasteiger partial charge in [-0.1, -0.05) is 6.07 Å². The predicted octanol–water partition coefficient (Wildman–Crippen LogP) is 0.903. The molecule has 1 aromatic rings. The lowest BCUT2D eigenvalue weighted by atomic mass is 10.0. The number of nitrogens with two attached hydrogens (primary N) is 1. The Kier molecular flexibility index (Phi) is 5.94. The van der Waals surface area contributed by atoms with Crippen LogP contribution < -0.4 is 11.1 Å². The molecular formula is C17H19N3O6S2. The van der Waals surface area contributed by atoms with Gasteiger partial charge < -0.3 is 20.9 Å². The number of amides is 3. The van der Waals surface area contributed by atoms with Gasteiger partial charge in [-0.05, 0) is 24.8 Å². The van der Waals surface area contributed by atoms with E-state index in [1.807, 2.05) is 17.5 Å². The molecule has 1 saturated heterocycles. The van der Waals surface area contributed by atoms with Crippen molar-refractivity contribution in [2.75, 3.05) is 5.75 Å². The number of thiophene rings is 1. The molecule has 0 saturated carbocycles. The first-order chi connectivity index (χ1) is 13.3. The molecule has 28 heavy (non-hydrogen) atoms. The number of rotatable bonds is 7. The zero-order valence-electron chi connectivity index (χ0n) is 14.9. The van der Waals surface area contributed by atoms with Crippen LogP contribution in [0.2, 0.25) is 0 Å². The zero-order chi connectivity index (χ0) is 20.4. The normalized spacial score (nSPS) is 22.2. The number of carboxylic acids is 1. The minimum Gasteiger partial charge on any atom is -0.477 e. The van der Waals surface area contributed by atoms with E-state index in [9.17, 15) is 24.3 Å². The van der Waals surface area contributed by atoms with Crippen molar-refractivity contribution >= 4 is 47.0 Å². The molecule has 4 N–H and O–H groups in total. The molecule has 1 unspecified atom stereocenters. The van der Waals surface area contributed by atoms with E-state index in [2.05, 4.69) is 5.32 Å². The quantitative estimate of drug-likeness (QED) is 0.552. The van der Waals surface area contributed by atoms with Gasteiger partial charge in [0.1, 0.15) is 23.2 Å². The number of fused-ring (bicyclic) bond motifs is 1. The minimum atomic E-state index is -1.30. The number of carbonyl (C=O) groups is 4. The number of nitrogens with one attached hydrogen (secondary N) is 1. The SMILES string of the molecule is CC(OC(N)=O)C1=C(C(=O)O)N2C(=O)[C@@H](NC(=O)CCc3cccs3)[C@H]2SC1. The molecule has 0 spiro atoms. The molecule has 0 aromatic carbocycles. The van der Waals surface area contributed by atoms with Crippen LogP contribution in [0, 0.1) is 0 Å². The molecule has 2 aliphatic rings. The maximum atomic E-state index is 12.5. The molecule has 3 rings (SSSR count). The second-order valence-electron chi connectivity index (χ2n) is 6.29. The lowest BCUT2D eigenvalue weighted by Gasteiger charge is -2.49. The van der Waals surface area contributed by atoms with Gasteiger partial charge in [0.2, 0.25) is 5.91 Å². The van der Waals surface area contributed by atoms with Gasteiger partial charge in [0.05, 0.1) is 0 Å². The molecule has 9 nitrogen and oxygen atoms in total. The van der Waals surface area contributed by atoms with Crippen LogP contribution in [0.1, 0.15) is 18.2 Å². The Bertz CT molecular complexity index is 838. The Morgan fingerprint density at radius 2 is 2.21 bits per heavy atom. The molecule has 3 atom stereocenters. The second kappa shape index (κ2) is 8.23. The van der Waals surface area contributed by atoms with Crippen LogP contribution in [-0.4, -0.2) is 57.2 Å². The summed E-state index contributed by atoms with van der Waals surface area (Å²) in [4.78, 5) is 49.6. The van der Waals surface area contributed by atoms with E-state index in [0.29, 0.717) is 12.0 Å². The summed E-state index contributed by atoms with van der Waals surface area (Å²) >= 11 is 2.86. The molecule has 0 radical (unpaired) electrons. The molecule has 11 heteroatoms. The number of hydrogen-bond donors (Lipinski definition) is 3. The van der Waals surface area contributed by atoms with Crippen LogP contribution in [-0.2, 0) is 25.5 Å². The number of aliphatic carboxylic acids is 1. The first kappa shape index (κ1) is 20.2. The van der Waals surface area contributed by atoms with Crippen LogP contribution in [0.3, 0.4) is 0 Å². The Balaban J connectivity index is 1.67. The van der Waals surface area contributed by atoms with E-state index in [0.717, 1.165) is 9.78 Å². The molecule has 0 aliphatic carbocycles. The van der Waals surface area contributed by atoms with Crippen LogP contribution in [0.15, 0.2) is 28.8 Å². The van der Waals surface area contributed by atoms with Crippen molar-refractivity contribution < 1.29 is 29.0 Å². The van der Waals surface area contributed by atoms with Crippen molar-refractivity contribution in [3.8, 4) is 0 Å². The molecule has 2 aliphatic heterocycles. The number of β-lactam (4-membered cyclic amide) rings is 1. The van der Waals surface area contributed by atoms with Crippen LogP contribution in [0.4, 0.5) is 4.79 Å². The average molecular weight is 425 g/mol. The van der Waals surface area contributed by atoms with E-state index >= 15 is 0 Å².